The number of carboxylic acids is 1. The average Bonchev–Trinajstić information content (AvgIpc) is 3.15. The zero-order valence-corrected chi connectivity index (χ0v) is 19.2. The molecule has 0 aliphatic carbocycles. The maximum atomic E-state index is 10.5. The molecule has 0 unspecified atom stereocenters. The van der Waals surface area contributed by atoms with Gasteiger partial charge in [-0.1, -0.05) is 76.0 Å². The summed E-state index contributed by atoms with van der Waals surface area (Å²) in [6, 6.07) is 10.8. The van der Waals surface area contributed by atoms with Crippen molar-refractivity contribution >= 4 is 27.8 Å². The second kappa shape index (κ2) is 12.5. The third-order valence-electron chi connectivity index (χ3n) is 6.50. The van der Waals surface area contributed by atoms with Gasteiger partial charge in [0.2, 0.25) is 5.69 Å². The number of aromatic nitrogens is 2. The van der Waals surface area contributed by atoms with Gasteiger partial charge in [-0.25, -0.2) is 4.57 Å². The first-order chi connectivity index (χ1) is 15.2. The molecule has 0 aliphatic rings. The van der Waals surface area contributed by atoms with Crippen LogP contribution in [-0.4, -0.2) is 16.1 Å². The molecule has 0 radical (unpaired) electrons. The summed E-state index contributed by atoms with van der Waals surface area (Å²) in [7, 11) is 0. The quantitative estimate of drug-likeness (QED) is 0.203. The van der Waals surface area contributed by atoms with Crippen LogP contribution in [0.25, 0.3) is 21.8 Å². The van der Waals surface area contributed by atoms with Crippen LogP contribution < -0.4 is 4.57 Å². The summed E-state index contributed by atoms with van der Waals surface area (Å²) in [5, 5.41) is 11.3. The van der Waals surface area contributed by atoms with E-state index in [-0.39, 0.29) is 0 Å². The number of carboxylic acid groups (broad SMARTS) is 1. The zero-order valence-electron chi connectivity index (χ0n) is 19.2. The molecule has 4 nitrogen and oxygen atoms in total. The van der Waals surface area contributed by atoms with Crippen molar-refractivity contribution in [1.29, 1.82) is 0 Å². The van der Waals surface area contributed by atoms with Crippen molar-refractivity contribution in [2.24, 2.45) is 0 Å². The highest BCUT2D eigenvalue weighted by atomic mass is 16.4. The second-order valence-corrected chi connectivity index (χ2v) is 8.94. The summed E-state index contributed by atoms with van der Waals surface area (Å²) in [4.78, 5) is 14.1. The molecule has 168 valence electrons. The molecule has 2 heterocycles. The van der Waals surface area contributed by atoms with Gasteiger partial charge in [0, 0.05) is 42.1 Å². The van der Waals surface area contributed by atoms with Crippen molar-refractivity contribution in [3.8, 4) is 0 Å². The molecule has 4 heteroatoms. The highest BCUT2D eigenvalue weighted by Gasteiger charge is 2.14. The lowest BCUT2D eigenvalue weighted by molar-refractivity contribution is -0.701. The minimum absolute atomic E-state index is 0.329. The summed E-state index contributed by atoms with van der Waals surface area (Å²) < 4.78 is 2.40. The summed E-state index contributed by atoms with van der Waals surface area (Å²) in [6.45, 7) is 3.32. The molecular weight excluding hydrogens is 384 g/mol. The van der Waals surface area contributed by atoms with Gasteiger partial charge in [-0.15, -0.1) is 0 Å². The number of carbonyl (C=O) groups is 1. The van der Waals surface area contributed by atoms with Crippen molar-refractivity contribution in [2.45, 2.75) is 96.9 Å². The van der Waals surface area contributed by atoms with Gasteiger partial charge in [-0.05, 0) is 18.9 Å². The second-order valence-electron chi connectivity index (χ2n) is 8.94. The molecule has 0 atom stereocenters. The Balaban J connectivity index is 1.25. The summed E-state index contributed by atoms with van der Waals surface area (Å²) in [5.41, 5.74) is 3.82. The molecule has 2 aromatic heterocycles. The van der Waals surface area contributed by atoms with Crippen molar-refractivity contribution in [2.75, 3.05) is 0 Å². The molecule has 3 rings (SSSR count). The monoisotopic (exact) mass is 423 g/mol. The molecule has 31 heavy (non-hydrogen) atoms. The highest BCUT2D eigenvalue weighted by Crippen LogP contribution is 2.25. The van der Waals surface area contributed by atoms with Crippen LogP contribution in [0.5, 0.6) is 0 Å². The van der Waals surface area contributed by atoms with Gasteiger partial charge in [0.25, 0.3) is 0 Å². The number of benzene rings is 1. The molecule has 0 bridgehead atoms. The lowest BCUT2D eigenvalue weighted by Gasteiger charge is -2.04. The van der Waals surface area contributed by atoms with Crippen LogP contribution in [0, 0.1) is 6.92 Å². The predicted octanol–water partition coefficient (Wildman–Crippen LogP) is 7.07. The molecule has 1 aromatic carbocycles. The number of nitrogens with one attached hydrogen (secondary N) is 1. The number of rotatable bonds is 15. The van der Waals surface area contributed by atoms with Crippen LogP contribution in [0.1, 0.15) is 89.2 Å². The number of fused-ring (bicyclic) bond motifs is 3. The van der Waals surface area contributed by atoms with E-state index in [0.29, 0.717) is 6.42 Å². The third kappa shape index (κ3) is 7.09. The van der Waals surface area contributed by atoms with E-state index < -0.39 is 5.97 Å². The van der Waals surface area contributed by atoms with E-state index in [2.05, 4.69) is 53.0 Å². The van der Waals surface area contributed by atoms with Gasteiger partial charge in [-0.3, -0.25) is 4.79 Å². The standard InChI is InChI=1S/C27H38N2O2/c1-22-27-24(23-16-13-14-17-25(23)28-27)19-21-29(22)20-15-11-9-7-5-3-2-4-6-8-10-12-18-26(30)31/h13-14,16-17,19,21H,2-12,15,18,20H2,1H3,(H,30,31)/p+1. The van der Waals surface area contributed by atoms with E-state index in [1.807, 2.05) is 0 Å². The Hall–Kier alpha value is -2.36. The minimum atomic E-state index is -0.663. The molecule has 2 N–H and O–H groups in total. The van der Waals surface area contributed by atoms with Gasteiger partial charge in [0.1, 0.15) is 12.1 Å². The molecule has 0 aliphatic heterocycles. The number of unbranched alkanes of at least 4 members (excludes halogenated alkanes) is 11. The van der Waals surface area contributed by atoms with Gasteiger partial charge in [-0.2, -0.15) is 0 Å². The van der Waals surface area contributed by atoms with Crippen molar-refractivity contribution in [3.05, 3.63) is 42.2 Å². The van der Waals surface area contributed by atoms with Crippen molar-refractivity contribution in [1.82, 2.24) is 4.98 Å². The number of nitrogens with zero attached hydrogens (tertiary/aromatic N) is 1. The minimum Gasteiger partial charge on any atom is -0.481 e. The normalized spacial score (nSPS) is 11.5. The van der Waals surface area contributed by atoms with Crippen LogP contribution in [0.3, 0.4) is 0 Å². The Bertz CT molecular complexity index is 960. The van der Waals surface area contributed by atoms with E-state index in [1.165, 1.54) is 91.7 Å². The van der Waals surface area contributed by atoms with Crippen LogP contribution in [-0.2, 0) is 11.3 Å². The average molecular weight is 424 g/mol. The summed E-state index contributed by atoms with van der Waals surface area (Å²) >= 11 is 0. The van der Waals surface area contributed by atoms with Crippen LogP contribution in [0.15, 0.2) is 36.5 Å². The number of hydrogen-bond donors (Lipinski definition) is 2. The largest absolute Gasteiger partial charge is 0.481 e. The number of pyridine rings is 1. The molecule has 0 saturated heterocycles. The van der Waals surface area contributed by atoms with Gasteiger partial charge >= 0.3 is 5.97 Å². The molecule has 0 saturated carbocycles. The fourth-order valence-electron chi connectivity index (χ4n) is 4.61. The molecule has 3 aromatic rings. The molecule has 0 fully saturated rings. The van der Waals surface area contributed by atoms with Crippen LogP contribution in [0.2, 0.25) is 0 Å². The summed E-state index contributed by atoms with van der Waals surface area (Å²) in [6.07, 6.45) is 17.5. The van der Waals surface area contributed by atoms with Gasteiger partial charge in [0.05, 0.1) is 0 Å². The van der Waals surface area contributed by atoms with E-state index in [4.69, 9.17) is 5.11 Å². The Morgan fingerprint density at radius 3 is 2.03 bits per heavy atom. The SMILES string of the molecule is Cc1c2[nH]c3ccccc3c2cc[n+]1CCCCCCCCCCCCCCC(=O)O. The first kappa shape index (κ1) is 23.3. The Labute approximate surface area is 186 Å². The third-order valence-corrected chi connectivity index (χ3v) is 6.50. The number of aryl methyl sites for hydroxylation is 2. The lowest BCUT2D eigenvalue weighted by atomic mass is 10.0. The fraction of sp³-hybridized carbons (Fsp3) is 0.556. The van der Waals surface area contributed by atoms with Gasteiger partial charge in [0.15, 0.2) is 6.20 Å². The van der Waals surface area contributed by atoms with Gasteiger partial charge < -0.3 is 10.1 Å². The molecule has 0 spiro atoms. The number of aromatic amines is 1. The molecule has 0 amide bonds. The number of H-pyrrole nitrogens is 1. The first-order valence-electron chi connectivity index (χ1n) is 12.3. The number of aliphatic carboxylic acids is 1. The number of para-hydroxylation sites is 1. The Kier molecular flexibility index (Phi) is 9.39. The topological polar surface area (TPSA) is 57.0 Å². The molecular formula is C27H39N2O2+. The van der Waals surface area contributed by atoms with Crippen molar-refractivity contribution in [3.63, 3.8) is 0 Å². The maximum absolute atomic E-state index is 10.5. The van der Waals surface area contributed by atoms with Crippen LogP contribution >= 0.6 is 0 Å². The zero-order chi connectivity index (χ0) is 21.9. The van der Waals surface area contributed by atoms with Crippen molar-refractivity contribution < 1.29 is 14.5 Å². The van der Waals surface area contributed by atoms with E-state index in [1.54, 1.807) is 0 Å². The Morgan fingerprint density at radius 1 is 0.806 bits per heavy atom. The highest BCUT2D eigenvalue weighted by molar-refractivity contribution is 6.07. The van der Waals surface area contributed by atoms with E-state index in [0.717, 1.165) is 19.4 Å². The Morgan fingerprint density at radius 2 is 1.39 bits per heavy atom. The summed E-state index contributed by atoms with van der Waals surface area (Å²) in [5.74, 6) is -0.663. The first-order valence-corrected chi connectivity index (χ1v) is 12.3. The maximum Gasteiger partial charge on any atom is 0.303 e. The lowest BCUT2D eigenvalue weighted by Crippen LogP contribution is -2.36. The number of hydrogen-bond acceptors (Lipinski definition) is 1. The predicted molar refractivity (Wildman–Crippen MR) is 128 cm³/mol. The van der Waals surface area contributed by atoms with E-state index in [9.17, 15) is 4.79 Å². The smallest absolute Gasteiger partial charge is 0.303 e. The fourth-order valence-corrected chi connectivity index (χ4v) is 4.61. The van der Waals surface area contributed by atoms with E-state index >= 15 is 0 Å². The van der Waals surface area contributed by atoms with Crippen LogP contribution in [0.4, 0.5) is 0 Å².